The van der Waals surface area contributed by atoms with Crippen molar-refractivity contribution in [2.45, 2.75) is 42.7 Å². The zero-order valence-corrected chi connectivity index (χ0v) is 11.5. The zero-order chi connectivity index (χ0) is 17.9. The maximum absolute atomic E-state index is 9.90. The molecule has 0 aromatic rings. The molecular weight excluding hydrogens is 308 g/mol. The molecule has 0 radical (unpaired) electrons. The molecule has 9 N–H and O–H groups in total. The third-order valence-electron chi connectivity index (χ3n) is 2.49. The average Bonchev–Trinajstić information content (AvgIpc) is 2.56. The highest BCUT2D eigenvalue weighted by Crippen LogP contribution is 2.03. The molecule has 22 heavy (non-hydrogen) atoms. The first-order chi connectivity index (χ1) is 10.2. The third-order valence-corrected chi connectivity index (χ3v) is 2.49. The van der Waals surface area contributed by atoms with E-state index < -0.39 is 55.9 Å². The van der Waals surface area contributed by atoms with Crippen LogP contribution in [-0.2, 0) is 9.59 Å². The van der Waals surface area contributed by atoms with Crippen LogP contribution in [0.2, 0.25) is 0 Å². The fraction of sp³-hybridized carbons (Fsp3) is 0.818. The van der Waals surface area contributed by atoms with Gasteiger partial charge in [-0.05, 0) is 0 Å². The normalized spacial score (nSPS) is 20.4. The Morgan fingerprint density at radius 1 is 0.591 bits per heavy atom. The van der Waals surface area contributed by atoms with Crippen molar-refractivity contribution in [2.75, 3.05) is 13.2 Å². The highest BCUT2D eigenvalue weighted by atomic mass is 16.4. The molecule has 0 spiro atoms. The summed E-state index contributed by atoms with van der Waals surface area (Å²) in [5, 5.41) is 77.6. The van der Waals surface area contributed by atoms with Crippen LogP contribution in [0, 0.1) is 0 Å². The molecular formula is C11H22O11. The lowest BCUT2D eigenvalue weighted by Gasteiger charge is -2.22. The molecule has 0 rings (SSSR count). The van der Waals surface area contributed by atoms with Gasteiger partial charge in [0.25, 0.3) is 0 Å². The van der Waals surface area contributed by atoms with Crippen LogP contribution in [0.4, 0.5) is 0 Å². The van der Waals surface area contributed by atoms with Crippen LogP contribution in [0.3, 0.4) is 0 Å². The number of aliphatic hydroxyl groups is 9. The summed E-state index contributed by atoms with van der Waals surface area (Å²) in [6.07, 6.45) is -11.5. The molecule has 0 heterocycles. The summed E-state index contributed by atoms with van der Waals surface area (Å²) in [5.41, 5.74) is 0. The van der Waals surface area contributed by atoms with Crippen LogP contribution in [0.1, 0.15) is 0 Å². The number of rotatable bonds is 9. The number of hydrogen-bond donors (Lipinski definition) is 9. The number of carbonyl (C=O) groups excluding carboxylic acids is 2. The van der Waals surface area contributed by atoms with Gasteiger partial charge in [0.2, 0.25) is 0 Å². The van der Waals surface area contributed by atoms with Gasteiger partial charge in [0.15, 0.2) is 12.6 Å². The van der Waals surface area contributed by atoms with Gasteiger partial charge >= 0.3 is 0 Å². The highest BCUT2D eigenvalue weighted by Gasteiger charge is 2.29. The molecule has 0 bridgehead atoms. The molecule has 0 unspecified atom stereocenters. The second-order valence-electron chi connectivity index (χ2n) is 4.22. The number of carbonyl (C=O) groups is 2. The SMILES string of the molecule is O=C[C@H](O)[C@@H](O)[C@@H](O)CO.O=C[C@H](O)[C@@H](O)[C@H](O)[C@H](O)CO. The van der Waals surface area contributed by atoms with E-state index in [1.165, 1.54) is 0 Å². The van der Waals surface area contributed by atoms with Crippen LogP contribution >= 0.6 is 0 Å². The van der Waals surface area contributed by atoms with Gasteiger partial charge in [-0.1, -0.05) is 0 Å². The summed E-state index contributed by atoms with van der Waals surface area (Å²) >= 11 is 0. The van der Waals surface area contributed by atoms with Gasteiger partial charge in [-0.2, -0.15) is 0 Å². The molecule has 0 aliphatic carbocycles. The molecule has 132 valence electrons. The molecule has 11 nitrogen and oxygen atoms in total. The quantitative estimate of drug-likeness (QED) is 0.181. The molecule has 0 fully saturated rings. The second-order valence-corrected chi connectivity index (χ2v) is 4.22. The molecule has 0 aromatic heterocycles. The summed E-state index contributed by atoms with van der Waals surface area (Å²) in [5.74, 6) is 0. The van der Waals surface area contributed by atoms with Gasteiger partial charge in [-0.3, -0.25) is 0 Å². The molecule has 11 heteroatoms. The number of hydrogen-bond acceptors (Lipinski definition) is 11. The predicted octanol–water partition coefficient (Wildman–Crippen LogP) is -6.12. The first-order valence-corrected chi connectivity index (χ1v) is 6.06. The van der Waals surface area contributed by atoms with E-state index in [1.807, 2.05) is 0 Å². The van der Waals surface area contributed by atoms with E-state index in [-0.39, 0.29) is 12.6 Å². The minimum atomic E-state index is -1.79. The lowest BCUT2D eigenvalue weighted by atomic mass is 10.0. The summed E-state index contributed by atoms with van der Waals surface area (Å²) in [4.78, 5) is 19.7. The van der Waals surface area contributed by atoms with Crippen molar-refractivity contribution >= 4 is 12.6 Å². The molecule has 0 aliphatic heterocycles. The molecule has 0 aromatic carbocycles. The first kappa shape index (κ1) is 23.2. The Hall–Kier alpha value is -1.02. The highest BCUT2D eigenvalue weighted by molar-refractivity contribution is 5.57. The molecule has 0 saturated carbocycles. The summed E-state index contributed by atoms with van der Waals surface area (Å²) < 4.78 is 0. The van der Waals surface area contributed by atoms with Crippen molar-refractivity contribution in [2.24, 2.45) is 0 Å². The lowest BCUT2D eigenvalue weighted by Crippen LogP contribution is -2.46. The minimum absolute atomic E-state index is 0.0258. The predicted molar refractivity (Wildman–Crippen MR) is 68.3 cm³/mol. The zero-order valence-electron chi connectivity index (χ0n) is 11.5. The van der Waals surface area contributed by atoms with Crippen LogP contribution in [0.25, 0.3) is 0 Å². The van der Waals surface area contributed by atoms with E-state index in [0.717, 1.165) is 0 Å². The molecule has 0 aliphatic rings. The Morgan fingerprint density at radius 2 is 0.909 bits per heavy atom. The van der Waals surface area contributed by atoms with Gasteiger partial charge in [0, 0.05) is 0 Å². The van der Waals surface area contributed by atoms with Crippen molar-refractivity contribution in [1.29, 1.82) is 0 Å². The van der Waals surface area contributed by atoms with Crippen molar-refractivity contribution in [3.8, 4) is 0 Å². The second kappa shape index (κ2) is 12.5. The van der Waals surface area contributed by atoms with Crippen LogP contribution in [0.15, 0.2) is 0 Å². The molecule has 0 amide bonds. The van der Waals surface area contributed by atoms with Gasteiger partial charge in [-0.15, -0.1) is 0 Å². The van der Waals surface area contributed by atoms with Crippen molar-refractivity contribution in [3.05, 3.63) is 0 Å². The average molecular weight is 330 g/mol. The Morgan fingerprint density at radius 3 is 1.23 bits per heavy atom. The van der Waals surface area contributed by atoms with Crippen molar-refractivity contribution in [1.82, 2.24) is 0 Å². The Bertz CT molecular complexity index is 300. The van der Waals surface area contributed by atoms with Crippen molar-refractivity contribution < 1.29 is 55.5 Å². The van der Waals surface area contributed by atoms with Gasteiger partial charge < -0.3 is 55.5 Å². The smallest absolute Gasteiger partial charge is 0.151 e. The van der Waals surface area contributed by atoms with E-state index in [1.54, 1.807) is 0 Å². The van der Waals surface area contributed by atoms with E-state index >= 15 is 0 Å². The fourth-order valence-corrected chi connectivity index (χ4v) is 1.03. The first-order valence-electron chi connectivity index (χ1n) is 6.06. The van der Waals surface area contributed by atoms with E-state index in [0.29, 0.717) is 0 Å². The topological polar surface area (TPSA) is 216 Å². The Balaban J connectivity index is 0. The molecule has 0 saturated heterocycles. The third kappa shape index (κ3) is 8.43. The van der Waals surface area contributed by atoms with E-state index in [2.05, 4.69) is 0 Å². The van der Waals surface area contributed by atoms with Gasteiger partial charge in [-0.25, -0.2) is 0 Å². The van der Waals surface area contributed by atoms with Crippen LogP contribution in [-0.4, -0.2) is 114 Å². The Kier molecular flexibility index (Phi) is 13.2. The van der Waals surface area contributed by atoms with Crippen LogP contribution in [0.5, 0.6) is 0 Å². The largest absolute Gasteiger partial charge is 0.394 e. The summed E-state index contributed by atoms with van der Waals surface area (Å²) in [6, 6.07) is 0. The van der Waals surface area contributed by atoms with Crippen molar-refractivity contribution in [3.63, 3.8) is 0 Å². The maximum atomic E-state index is 9.90. The standard InChI is InChI=1S/C6H12O6.C5H10O5/c7-1-3(9)5(11)6(12)4(10)2-8;6-1-3(8)5(10)4(9)2-7/h1,3-6,8-12H,2H2;1,3-5,7-10H,2H2/t3-,4+,5+,6+;3-,4-,5+/m00/s1. The fourth-order valence-electron chi connectivity index (χ4n) is 1.03. The van der Waals surface area contributed by atoms with E-state index in [4.69, 9.17) is 46.0 Å². The van der Waals surface area contributed by atoms with Crippen LogP contribution < -0.4 is 0 Å². The summed E-state index contributed by atoms with van der Waals surface area (Å²) in [7, 11) is 0. The monoisotopic (exact) mass is 330 g/mol. The Labute approximate surface area is 125 Å². The maximum Gasteiger partial charge on any atom is 0.151 e. The van der Waals surface area contributed by atoms with Gasteiger partial charge in [0.1, 0.15) is 42.7 Å². The molecule has 7 atom stereocenters. The lowest BCUT2D eigenvalue weighted by molar-refractivity contribution is -0.136. The van der Waals surface area contributed by atoms with Gasteiger partial charge in [0.05, 0.1) is 13.2 Å². The number of aldehydes is 2. The minimum Gasteiger partial charge on any atom is -0.394 e. The summed E-state index contributed by atoms with van der Waals surface area (Å²) in [6.45, 7) is -1.45. The number of aliphatic hydroxyl groups excluding tert-OH is 9. The van der Waals surface area contributed by atoms with E-state index in [9.17, 15) is 9.59 Å².